The van der Waals surface area contributed by atoms with Crippen molar-refractivity contribution in [2.45, 2.75) is 95.2 Å². The first-order valence-electron chi connectivity index (χ1n) is 15.8. The molecule has 1 aromatic rings. The molecule has 3 amide bonds. The fraction of sp³-hybridized carbons (Fsp3) is 0.588. The van der Waals surface area contributed by atoms with Gasteiger partial charge in [-0.05, 0) is 45.1 Å². The zero-order valence-electron chi connectivity index (χ0n) is 26.2. The number of benzene rings is 1. The number of aliphatic hydroxyl groups is 1. The highest BCUT2D eigenvalue weighted by Crippen LogP contribution is 2.59. The number of nitrogens with zero attached hydrogens (tertiary/aromatic N) is 2. The number of carbonyl (C=O) groups is 4. The molecule has 240 valence electrons. The minimum Gasteiger partial charge on any atom is -0.455 e. The predicted octanol–water partition coefficient (Wildman–Crippen LogP) is 3.31. The number of allylic oxidation sites excluding steroid dienone is 1. The Morgan fingerprint density at radius 2 is 1.95 bits per heavy atom. The lowest BCUT2D eigenvalue weighted by Crippen LogP contribution is -2.59. The second-order valence-electron chi connectivity index (χ2n) is 12.2. The maximum Gasteiger partial charge on any atom is 0.313 e. The number of amides is 3. The van der Waals surface area contributed by atoms with Crippen LogP contribution in [0, 0.1) is 11.8 Å². The molecule has 3 saturated heterocycles. The van der Waals surface area contributed by atoms with Gasteiger partial charge in [-0.15, -0.1) is 13.2 Å². The standard InChI is InChI=1S/C34H47N3O7/c1-6-9-16-27(39)35-20-26(24-14-11-10-12-15-24)43-33(42)28-25-17-18-34(44-25)29(28)31(40)37(23(5)21-38)30(34)32(41)36(19-8-3)22(4)13-7-2/h6,8,10-12,14-15,22-23,25-26,28-30,38H,1,3,7,9,13,16-21H2,2,4-5H3,(H,35,39)/t22?,23-,25-,26-,28+,29+,30-,34+/m1/s1. The zero-order chi connectivity index (χ0) is 32.0. The third-order valence-electron chi connectivity index (χ3n) is 9.32. The van der Waals surface area contributed by atoms with Crippen LogP contribution in [0.15, 0.2) is 55.6 Å². The minimum atomic E-state index is -1.21. The highest BCUT2D eigenvalue weighted by atomic mass is 16.6. The van der Waals surface area contributed by atoms with Crippen molar-refractivity contribution < 1.29 is 33.8 Å². The number of hydrogen-bond donors (Lipinski definition) is 2. The van der Waals surface area contributed by atoms with Crippen molar-refractivity contribution in [2.24, 2.45) is 11.8 Å². The molecule has 3 aliphatic rings. The van der Waals surface area contributed by atoms with Crippen LogP contribution in [0.2, 0.25) is 0 Å². The van der Waals surface area contributed by atoms with Crippen LogP contribution < -0.4 is 5.32 Å². The Hall–Kier alpha value is -3.50. The van der Waals surface area contributed by atoms with Crippen LogP contribution in [0.1, 0.15) is 71.0 Å². The van der Waals surface area contributed by atoms with Gasteiger partial charge < -0.3 is 29.7 Å². The molecule has 3 aliphatic heterocycles. The lowest BCUT2D eigenvalue weighted by atomic mass is 9.70. The van der Waals surface area contributed by atoms with E-state index in [-0.39, 0.29) is 43.3 Å². The van der Waals surface area contributed by atoms with Crippen molar-refractivity contribution in [1.82, 2.24) is 15.1 Å². The Kier molecular flexibility index (Phi) is 11.0. The van der Waals surface area contributed by atoms with Crippen molar-refractivity contribution in [3.8, 4) is 0 Å². The molecule has 1 spiro atoms. The SMILES string of the molecule is C=CCCC(=O)NC[C@@H](OC(=O)[C@@H]1[C@H]2C(=O)N([C@H](C)CO)[C@H](C(=O)N(CC=C)C(C)CCC)[C@]23CC[C@H]1O3)c1ccccc1. The quantitative estimate of drug-likeness (QED) is 0.218. The molecule has 0 aromatic heterocycles. The summed E-state index contributed by atoms with van der Waals surface area (Å²) in [5, 5.41) is 13.0. The van der Waals surface area contributed by atoms with E-state index >= 15 is 0 Å². The van der Waals surface area contributed by atoms with Crippen LogP contribution in [0.5, 0.6) is 0 Å². The number of ether oxygens (including phenoxy) is 2. The number of esters is 1. The van der Waals surface area contributed by atoms with Crippen LogP contribution in [0.4, 0.5) is 0 Å². The summed E-state index contributed by atoms with van der Waals surface area (Å²) in [6, 6.07) is 7.38. The summed E-state index contributed by atoms with van der Waals surface area (Å²) in [6.07, 6.45) is 5.34. The summed E-state index contributed by atoms with van der Waals surface area (Å²) in [7, 11) is 0. The highest BCUT2D eigenvalue weighted by Gasteiger charge is 2.75. The summed E-state index contributed by atoms with van der Waals surface area (Å²) in [6.45, 7) is 13.2. The lowest BCUT2D eigenvalue weighted by molar-refractivity contribution is -0.161. The molecule has 44 heavy (non-hydrogen) atoms. The Morgan fingerprint density at radius 1 is 1.23 bits per heavy atom. The maximum atomic E-state index is 14.4. The van der Waals surface area contributed by atoms with Gasteiger partial charge in [-0.2, -0.15) is 0 Å². The molecule has 2 bridgehead atoms. The van der Waals surface area contributed by atoms with Crippen LogP contribution in [-0.2, 0) is 28.7 Å². The molecule has 3 fully saturated rings. The molecule has 3 heterocycles. The normalized spacial score (nSPS) is 27.3. The summed E-state index contributed by atoms with van der Waals surface area (Å²) >= 11 is 0. The molecule has 0 saturated carbocycles. The zero-order valence-corrected chi connectivity index (χ0v) is 26.2. The highest BCUT2D eigenvalue weighted by molar-refractivity contribution is 5.98. The monoisotopic (exact) mass is 609 g/mol. The molecule has 8 atom stereocenters. The van der Waals surface area contributed by atoms with E-state index in [0.717, 1.165) is 12.8 Å². The van der Waals surface area contributed by atoms with Gasteiger partial charge >= 0.3 is 5.97 Å². The van der Waals surface area contributed by atoms with E-state index < -0.39 is 47.7 Å². The smallest absolute Gasteiger partial charge is 0.313 e. The van der Waals surface area contributed by atoms with Gasteiger partial charge in [0.25, 0.3) is 0 Å². The maximum absolute atomic E-state index is 14.4. The molecule has 0 radical (unpaired) electrons. The molecule has 1 unspecified atom stereocenters. The number of carbonyl (C=O) groups excluding carboxylic acids is 4. The third-order valence-corrected chi connectivity index (χ3v) is 9.32. The fourth-order valence-corrected chi connectivity index (χ4v) is 7.20. The summed E-state index contributed by atoms with van der Waals surface area (Å²) in [5.41, 5.74) is -0.506. The first-order valence-corrected chi connectivity index (χ1v) is 15.8. The van der Waals surface area contributed by atoms with Gasteiger partial charge in [0.15, 0.2) is 0 Å². The topological polar surface area (TPSA) is 125 Å². The van der Waals surface area contributed by atoms with Crippen molar-refractivity contribution >= 4 is 23.7 Å². The summed E-state index contributed by atoms with van der Waals surface area (Å²) in [4.78, 5) is 58.1. The van der Waals surface area contributed by atoms with Gasteiger partial charge in [-0.25, -0.2) is 0 Å². The average Bonchev–Trinajstić information content (AvgIpc) is 3.67. The number of rotatable bonds is 16. The van der Waals surface area contributed by atoms with Crippen LogP contribution in [0.3, 0.4) is 0 Å². The predicted molar refractivity (Wildman–Crippen MR) is 165 cm³/mol. The number of hydrogen-bond acceptors (Lipinski definition) is 7. The molecule has 1 aromatic carbocycles. The molecule has 10 nitrogen and oxygen atoms in total. The van der Waals surface area contributed by atoms with Crippen LogP contribution in [-0.4, -0.2) is 88.1 Å². The largest absolute Gasteiger partial charge is 0.455 e. The molecular formula is C34H47N3O7. The summed E-state index contributed by atoms with van der Waals surface area (Å²) < 4.78 is 12.6. The minimum absolute atomic E-state index is 0.0638. The van der Waals surface area contributed by atoms with Crippen molar-refractivity contribution in [3.63, 3.8) is 0 Å². The van der Waals surface area contributed by atoms with Gasteiger partial charge in [-0.3, -0.25) is 19.2 Å². The second-order valence-corrected chi connectivity index (χ2v) is 12.2. The Morgan fingerprint density at radius 3 is 2.59 bits per heavy atom. The van der Waals surface area contributed by atoms with Gasteiger partial charge in [0, 0.05) is 19.0 Å². The Balaban J connectivity index is 1.64. The number of fused-ring (bicyclic) bond motifs is 1. The summed E-state index contributed by atoms with van der Waals surface area (Å²) in [5.74, 6) is -3.29. The van der Waals surface area contributed by atoms with E-state index in [0.29, 0.717) is 31.4 Å². The number of likely N-dealkylation sites (tertiary alicyclic amines) is 1. The van der Waals surface area contributed by atoms with Crippen molar-refractivity contribution in [3.05, 3.63) is 61.2 Å². The Labute approximate surface area is 260 Å². The van der Waals surface area contributed by atoms with E-state index in [1.807, 2.05) is 44.2 Å². The van der Waals surface area contributed by atoms with Crippen LogP contribution in [0.25, 0.3) is 0 Å². The van der Waals surface area contributed by atoms with Crippen LogP contribution >= 0.6 is 0 Å². The average molecular weight is 610 g/mol. The molecular weight excluding hydrogens is 562 g/mol. The number of aliphatic hydroxyl groups excluding tert-OH is 1. The van der Waals surface area contributed by atoms with Gasteiger partial charge in [0.2, 0.25) is 17.7 Å². The molecule has 2 N–H and O–H groups in total. The van der Waals surface area contributed by atoms with Crippen molar-refractivity contribution in [1.29, 1.82) is 0 Å². The first-order chi connectivity index (χ1) is 21.1. The molecule has 0 aliphatic carbocycles. The number of nitrogens with one attached hydrogen (secondary N) is 1. The first kappa shape index (κ1) is 33.4. The van der Waals surface area contributed by atoms with E-state index in [2.05, 4.69) is 18.5 Å². The molecule has 4 rings (SSSR count). The molecule has 10 heteroatoms. The van der Waals surface area contributed by atoms with Crippen molar-refractivity contribution in [2.75, 3.05) is 19.7 Å². The van der Waals surface area contributed by atoms with E-state index in [1.54, 1.807) is 24.0 Å². The van der Waals surface area contributed by atoms with Gasteiger partial charge in [0.05, 0.1) is 37.1 Å². The Bertz CT molecular complexity index is 1220. The van der Waals surface area contributed by atoms with E-state index in [4.69, 9.17) is 9.47 Å². The van der Waals surface area contributed by atoms with E-state index in [9.17, 15) is 24.3 Å². The lowest BCUT2D eigenvalue weighted by Gasteiger charge is -2.40. The van der Waals surface area contributed by atoms with Gasteiger partial charge in [0.1, 0.15) is 17.7 Å². The van der Waals surface area contributed by atoms with Gasteiger partial charge in [-0.1, -0.05) is 55.8 Å². The second kappa shape index (κ2) is 14.5. The fourth-order valence-electron chi connectivity index (χ4n) is 7.20. The third kappa shape index (κ3) is 6.33. The van der Waals surface area contributed by atoms with E-state index in [1.165, 1.54) is 4.90 Å².